The number of fused-ring (bicyclic) bond motifs is 1. The Morgan fingerprint density at radius 1 is 0.865 bits per heavy atom. The Hall–Kier alpha value is -4.64. The van der Waals surface area contributed by atoms with Crippen LogP contribution >= 0.6 is 0 Å². The quantitative estimate of drug-likeness (QED) is 0.132. The van der Waals surface area contributed by atoms with Gasteiger partial charge >= 0.3 is 5.97 Å². The molecule has 5 rings (SSSR count). The topological polar surface area (TPSA) is 53.4 Å². The van der Waals surface area contributed by atoms with Crippen LogP contribution in [0, 0.1) is 0 Å². The van der Waals surface area contributed by atoms with Crippen molar-refractivity contribution in [3.63, 3.8) is 0 Å². The van der Waals surface area contributed by atoms with Crippen molar-refractivity contribution >= 4 is 23.1 Å². The number of hydrogen-bond acceptors (Lipinski definition) is 4. The number of rotatable bonds is 8. The molecule has 184 valence electrons. The summed E-state index contributed by atoms with van der Waals surface area (Å²) in [6, 6.07) is 33.5. The highest BCUT2D eigenvalue weighted by Crippen LogP contribution is 2.27. The Labute approximate surface area is 216 Å². The average Bonchev–Trinajstić information content (AvgIpc) is 3.27. The summed E-state index contributed by atoms with van der Waals surface area (Å²) in [6.45, 7) is 4.66. The molecule has 4 aromatic carbocycles. The maximum Gasteiger partial charge on any atom is 0.336 e. The molecule has 0 atom stereocenters. The normalized spacial score (nSPS) is 11.3. The number of ether oxygens (including phenoxy) is 2. The summed E-state index contributed by atoms with van der Waals surface area (Å²) in [7, 11) is 0. The molecule has 1 aromatic heterocycles. The lowest BCUT2D eigenvalue weighted by Gasteiger charge is -2.10. The molecule has 5 aromatic rings. The largest absolute Gasteiger partial charge is 0.491 e. The number of hydrogen-bond donors (Lipinski definition) is 0. The summed E-state index contributed by atoms with van der Waals surface area (Å²) in [5, 5.41) is 0. The molecule has 0 N–H and O–H groups in total. The average molecular weight is 489 g/mol. The number of carbonyl (C=O) groups is 1. The van der Waals surface area contributed by atoms with Crippen LogP contribution in [0.1, 0.15) is 25.0 Å². The standard InChI is InChI=1S/C32H28N2O3/c1-23(2)36-28-12-8-11-24(21-28)15-20-31(35)37-27-18-16-26(17-19-27)32-33-29-13-6-7-14-30(29)34(32)22-25-9-4-3-5-10-25/h3-21,23H,22H2,1-2H3/b20-15+. The Morgan fingerprint density at radius 2 is 1.62 bits per heavy atom. The lowest BCUT2D eigenvalue weighted by atomic mass is 10.2. The van der Waals surface area contributed by atoms with Crippen LogP contribution in [0.2, 0.25) is 0 Å². The van der Waals surface area contributed by atoms with E-state index in [-0.39, 0.29) is 6.10 Å². The first-order valence-electron chi connectivity index (χ1n) is 12.3. The third kappa shape index (κ3) is 5.96. The SMILES string of the molecule is CC(C)Oc1cccc(/C=C/C(=O)Oc2ccc(-c3nc4ccccc4n3Cc3ccccc3)cc2)c1. The first kappa shape index (κ1) is 24.1. The fraction of sp³-hybridized carbons (Fsp3) is 0.125. The monoisotopic (exact) mass is 488 g/mol. The lowest BCUT2D eigenvalue weighted by molar-refractivity contribution is -0.128. The van der Waals surface area contributed by atoms with E-state index in [1.54, 1.807) is 18.2 Å². The number of para-hydroxylation sites is 2. The first-order valence-corrected chi connectivity index (χ1v) is 12.3. The van der Waals surface area contributed by atoms with E-state index in [0.717, 1.165) is 33.7 Å². The highest BCUT2D eigenvalue weighted by Gasteiger charge is 2.13. The lowest BCUT2D eigenvalue weighted by Crippen LogP contribution is -2.05. The highest BCUT2D eigenvalue weighted by molar-refractivity contribution is 5.89. The van der Waals surface area contributed by atoms with E-state index in [1.807, 2.05) is 86.6 Å². The van der Waals surface area contributed by atoms with Gasteiger partial charge in [-0.1, -0.05) is 54.6 Å². The zero-order valence-electron chi connectivity index (χ0n) is 20.9. The molecule has 37 heavy (non-hydrogen) atoms. The van der Waals surface area contributed by atoms with E-state index in [1.165, 1.54) is 11.6 Å². The van der Waals surface area contributed by atoms with Gasteiger partial charge in [-0.25, -0.2) is 9.78 Å². The minimum Gasteiger partial charge on any atom is -0.491 e. The van der Waals surface area contributed by atoms with Crippen molar-refractivity contribution in [3.8, 4) is 22.9 Å². The smallest absolute Gasteiger partial charge is 0.336 e. The molecule has 1 heterocycles. The van der Waals surface area contributed by atoms with Crippen molar-refractivity contribution in [2.75, 3.05) is 0 Å². The summed E-state index contributed by atoms with van der Waals surface area (Å²) in [5.41, 5.74) is 5.03. The molecule has 0 bridgehead atoms. The van der Waals surface area contributed by atoms with Crippen LogP contribution in [0.3, 0.4) is 0 Å². The molecule has 0 fully saturated rings. The van der Waals surface area contributed by atoms with Gasteiger partial charge in [-0.05, 0) is 79.6 Å². The predicted molar refractivity (Wildman–Crippen MR) is 148 cm³/mol. The van der Waals surface area contributed by atoms with Gasteiger partial charge in [-0.3, -0.25) is 0 Å². The Bertz CT molecular complexity index is 1530. The maximum absolute atomic E-state index is 12.4. The number of esters is 1. The number of benzene rings is 4. The van der Waals surface area contributed by atoms with Crippen LogP contribution in [0.4, 0.5) is 0 Å². The van der Waals surface area contributed by atoms with Gasteiger partial charge in [0, 0.05) is 18.2 Å². The summed E-state index contributed by atoms with van der Waals surface area (Å²) >= 11 is 0. The molecule has 0 aliphatic heterocycles. The second-order valence-electron chi connectivity index (χ2n) is 9.01. The third-order valence-corrected chi connectivity index (χ3v) is 5.81. The van der Waals surface area contributed by atoms with E-state index in [9.17, 15) is 4.79 Å². The molecule has 0 unspecified atom stereocenters. The van der Waals surface area contributed by atoms with Crippen molar-refractivity contribution in [3.05, 3.63) is 120 Å². The fourth-order valence-electron chi connectivity index (χ4n) is 4.17. The molecule has 0 aliphatic carbocycles. The molecule has 0 amide bonds. The maximum atomic E-state index is 12.4. The molecular weight excluding hydrogens is 460 g/mol. The summed E-state index contributed by atoms with van der Waals surface area (Å²) in [6.07, 6.45) is 3.22. The van der Waals surface area contributed by atoms with Crippen LogP contribution in [-0.4, -0.2) is 21.6 Å². The number of nitrogens with zero attached hydrogens (tertiary/aromatic N) is 2. The number of aromatic nitrogens is 2. The highest BCUT2D eigenvalue weighted by atomic mass is 16.5. The number of imidazole rings is 1. The van der Waals surface area contributed by atoms with E-state index >= 15 is 0 Å². The number of carbonyl (C=O) groups excluding carboxylic acids is 1. The summed E-state index contributed by atoms with van der Waals surface area (Å²) < 4.78 is 13.4. The van der Waals surface area contributed by atoms with Crippen molar-refractivity contribution in [2.45, 2.75) is 26.5 Å². The predicted octanol–water partition coefficient (Wildman–Crippen LogP) is 7.16. The van der Waals surface area contributed by atoms with Gasteiger partial charge in [0.05, 0.1) is 17.1 Å². The summed E-state index contributed by atoms with van der Waals surface area (Å²) in [4.78, 5) is 17.3. The molecule has 5 heteroatoms. The van der Waals surface area contributed by atoms with Gasteiger partial charge in [0.1, 0.15) is 17.3 Å². The zero-order chi connectivity index (χ0) is 25.6. The molecule has 0 saturated heterocycles. The van der Waals surface area contributed by atoms with Crippen LogP contribution in [0.15, 0.2) is 109 Å². The Balaban J connectivity index is 1.32. The van der Waals surface area contributed by atoms with Gasteiger partial charge in [0.2, 0.25) is 0 Å². The molecule has 5 nitrogen and oxygen atoms in total. The molecule has 0 saturated carbocycles. The van der Waals surface area contributed by atoms with Crippen molar-refractivity contribution < 1.29 is 14.3 Å². The molecule has 0 aliphatic rings. The minimum atomic E-state index is -0.445. The molecule has 0 spiro atoms. The van der Waals surface area contributed by atoms with Crippen molar-refractivity contribution in [1.29, 1.82) is 0 Å². The van der Waals surface area contributed by atoms with Gasteiger partial charge in [-0.15, -0.1) is 0 Å². The zero-order valence-corrected chi connectivity index (χ0v) is 20.9. The Kier molecular flexibility index (Phi) is 7.13. The van der Waals surface area contributed by atoms with E-state index in [4.69, 9.17) is 14.5 Å². The van der Waals surface area contributed by atoms with Gasteiger partial charge in [-0.2, -0.15) is 0 Å². The van der Waals surface area contributed by atoms with E-state index in [0.29, 0.717) is 12.3 Å². The van der Waals surface area contributed by atoms with Crippen LogP contribution < -0.4 is 9.47 Å². The van der Waals surface area contributed by atoms with Gasteiger partial charge in [0.25, 0.3) is 0 Å². The third-order valence-electron chi connectivity index (χ3n) is 5.81. The Morgan fingerprint density at radius 3 is 2.41 bits per heavy atom. The van der Waals surface area contributed by atoms with E-state index < -0.39 is 5.97 Å². The van der Waals surface area contributed by atoms with Crippen LogP contribution in [0.25, 0.3) is 28.5 Å². The van der Waals surface area contributed by atoms with E-state index in [2.05, 4.69) is 22.8 Å². The first-order chi connectivity index (χ1) is 18.0. The molecule has 0 radical (unpaired) electrons. The van der Waals surface area contributed by atoms with Crippen molar-refractivity contribution in [1.82, 2.24) is 9.55 Å². The minimum absolute atomic E-state index is 0.0851. The second-order valence-corrected chi connectivity index (χ2v) is 9.01. The van der Waals surface area contributed by atoms with Crippen molar-refractivity contribution in [2.24, 2.45) is 0 Å². The molecular formula is C32H28N2O3. The van der Waals surface area contributed by atoms with Crippen LogP contribution in [0.5, 0.6) is 11.5 Å². The summed E-state index contributed by atoms with van der Waals surface area (Å²) in [5.74, 6) is 1.66. The van der Waals surface area contributed by atoms with Gasteiger partial charge < -0.3 is 14.0 Å². The van der Waals surface area contributed by atoms with Crippen LogP contribution in [-0.2, 0) is 11.3 Å². The van der Waals surface area contributed by atoms with Gasteiger partial charge in [0.15, 0.2) is 0 Å². The fourth-order valence-corrected chi connectivity index (χ4v) is 4.17. The second kappa shape index (κ2) is 11.0.